The first kappa shape index (κ1) is 36.4. The van der Waals surface area contributed by atoms with Gasteiger partial charge in [0.15, 0.2) is 0 Å². The summed E-state index contributed by atoms with van der Waals surface area (Å²) in [7, 11) is -3.89. The van der Waals surface area contributed by atoms with Crippen molar-refractivity contribution in [2.45, 2.75) is 107 Å². The molecule has 53 heavy (non-hydrogen) atoms. The van der Waals surface area contributed by atoms with Gasteiger partial charge in [-0.3, -0.25) is 14.3 Å². The lowest BCUT2D eigenvalue weighted by Crippen LogP contribution is -2.60. The molecule has 3 unspecified atom stereocenters. The predicted molar refractivity (Wildman–Crippen MR) is 196 cm³/mol. The summed E-state index contributed by atoms with van der Waals surface area (Å²) in [6.07, 6.45) is 4.73. The smallest absolute Gasteiger partial charge is 0.426 e. The first-order valence-corrected chi connectivity index (χ1v) is 20.0. The van der Waals surface area contributed by atoms with Crippen molar-refractivity contribution in [3.63, 3.8) is 0 Å². The summed E-state index contributed by atoms with van der Waals surface area (Å²) >= 11 is 0. The normalized spacial score (nSPS) is 25.1. The number of nitrogens with one attached hydrogen (secondary N) is 3. The Morgan fingerprint density at radius 1 is 1.00 bits per heavy atom. The minimum Gasteiger partial charge on any atom is -0.445 e. The number of ether oxygens (including phenoxy) is 1. The Balaban J connectivity index is 1.15. The summed E-state index contributed by atoms with van der Waals surface area (Å²) in [5.41, 5.74) is 5.50. The number of amides is 5. The molecule has 4 aliphatic carbocycles. The van der Waals surface area contributed by atoms with E-state index in [9.17, 15) is 27.6 Å². The number of nitrogens with zero attached hydrogens (tertiary/aromatic N) is 3. The number of urea groups is 1. The third kappa shape index (κ3) is 7.22. The highest BCUT2D eigenvalue weighted by Crippen LogP contribution is 2.45. The maximum absolute atomic E-state index is 14.4. The molecule has 2 aromatic rings. The van der Waals surface area contributed by atoms with Gasteiger partial charge in [-0.2, -0.15) is 0 Å². The lowest BCUT2D eigenvalue weighted by atomic mass is 10.1. The SMILES string of the molecule is C=C[C@@H]1CC1(NC(=O)[C@@H]1CC(ON=C2c3ccccc3-c3ccccc32)CN1C(=O)N(NC(=O)OC1CCCC1)C(C)CC)C(=O)NS(=O)(=O)C1CC1. The molecule has 1 aliphatic heterocycles. The topological polar surface area (TPSA) is 176 Å². The molecule has 14 nitrogen and oxygen atoms in total. The van der Waals surface area contributed by atoms with Crippen LogP contribution in [0.2, 0.25) is 0 Å². The van der Waals surface area contributed by atoms with Crippen LogP contribution in [0.15, 0.2) is 66.3 Å². The average Bonchev–Trinajstić information content (AvgIpc) is 3.99. The number of hydrogen-bond donors (Lipinski definition) is 3. The lowest BCUT2D eigenvalue weighted by Gasteiger charge is -2.34. The number of carbonyl (C=O) groups excluding carboxylic acids is 4. The second-order valence-electron chi connectivity index (χ2n) is 14.7. The van der Waals surface area contributed by atoms with Crippen molar-refractivity contribution in [3.8, 4) is 11.1 Å². The molecule has 1 saturated heterocycles. The van der Waals surface area contributed by atoms with E-state index in [-0.39, 0.29) is 25.5 Å². The summed E-state index contributed by atoms with van der Waals surface area (Å²) < 4.78 is 33.1. The van der Waals surface area contributed by atoms with Crippen molar-refractivity contribution in [2.75, 3.05) is 6.54 Å². The molecule has 4 fully saturated rings. The van der Waals surface area contributed by atoms with Crippen LogP contribution in [0.25, 0.3) is 11.1 Å². The van der Waals surface area contributed by atoms with Gasteiger partial charge in [0.1, 0.15) is 29.5 Å². The highest BCUT2D eigenvalue weighted by Gasteiger charge is 2.62. The lowest BCUT2D eigenvalue weighted by molar-refractivity contribution is -0.131. The van der Waals surface area contributed by atoms with E-state index in [1.54, 1.807) is 6.92 Å². The van der Waals surface area contributed by atoms with E-state index in [1.165, 1.54) is 16.0 Å². The number of fused-ring (bicyclic) bond motifs is 3. The Labute approximate surface area is 309 Å². The molecule has 0 spiro atoms. The van der Waals surface area contributed by atoms with Crippen LogP contribution in [0, 0.1) is 5.92 Å². The van der Waals surface area contributed by atoms with Crippen LogP contribution < -0.4 is 15.5 Å². The summed E-state index contributed by atoms with van der Waals surface area (Å²) in [5, 5.41) is 7.90. The zero-order valence-corrected chi connectivity index (χ0v) is 30.8. The Morgan fingerprint density at radius 3 is 2.19 bits per heavy atom. The quantitative estimate of drug-likeness (QED) is 0.192. The number of carbonyl (C=O) groups is 4. The van der Waals surface area contributed by atoms with E-state index in [2.05, 4.69) is 27.2 Å². The molecule has 0 aromatic heterocycles. The molecule has 7 rings (SSSR count). The van der Waals surface area contributed by atoms with Gasteiger partial charge in [0.2, 0.25) is 15.9 Å². The van der Waals surface area contributed by atoms with Crippen LogP contribution in [0.3, 0.4) is 0 Å². The first-order valence-electron chi connectivity index (χ1n) is 18.5. The summed E-state index contributed by atoms with van der Waals surface area (Å²) in [5.74, 6) is -2.03. The molecule has 5 aliphatic rings. The van der Waals surface area contributed by atoms with Gasteiger partial charge in [0, 0.05) is 23.5 Å². The van der Waals surface area contributed by atoms with Crippen molar-refractivity contribution < 1.29 is 37.2 Å². The van der Waals surface area contributed by atoms with Gasteiger partial charge >= 0.3 is 12.1 Å². The van der Waals surface area contributed by atoms with Gasteiger partial charge in [0.25, 0.3) is 5.91 Å². The van der Waals surface area contributed by atoms with Crippen molar-refractivity contribution in [2.24, 2.45) is 11.1 Å². The zero-order chi connectivity index (χ0) is 37.5. The van der Waals surface area contributed by atoms with Crippen LogP contribution in [-0.2, 0) is 29.2 Å². The number of oxime groups is 1. The summed E-state index contributed by atoms with van der Waals surface area (Å²) in [4.78, 5) is 62.6. The van der Waals surface area contributed by atoms with Gasteiger partial charge < -0.3 is 19.8 Å². The maximum Gasteiger partial charge on any atom is 0.426 e. The number of benzene rings is 2. The van der Waals surface area contributed by atoms with Crippen LogP contribution in [0.5, 0.6) is 0 Å². The van der Waals surface area contributed by atoms with Crippen molar-refractivity contribution in [1.29, 1.82) is 0 Å². The zero-order valence-electron chi connectivity index (χ0n) is 30.0. The van der Waals surface area contributed by atoms with Crippen molar-refractivity contribution in [3.05, 3.63) is 72.3 Å². The minimum atomic E-state index is -3.89. The third-order valence-corrected chi connectivity index (χ3v) is 12.9. The predicted octanol–water partition coefficient (Wildman–Crippen LogP) is 4.35. The number of likely N-dealkylation sites (tertiary alicyclic amines) is 1. The van der Waals surface area contributed by atoms with Crippen LogP contribution in [0.4, 0.5) is 9.59 Å². The average molecular weight is 747 g/mol. The van der Waals surface area contributed by atoms with E-state index in [0.29, 0.717) is 25.0 Å². The van der Waals surface area contributed by atoms with Gasteiger partial charge in [-0.25, -0.2) is 28.4 Å². The molecule has 5 amide bonds. The van der Waals surface area contributed by atoms with E-state index >= 15 is 0 Å². The summed E-state index contributed by atoms with van der Waals surface area (Å²) in [6, 6.07) is 13.4. The number of rotatable bonds is 11. The maximum atomic E-state index is 14.4. The highest BCUT2D eigenvalue weighted by molar-refractivity contribution is 7.91. The third-order valence-electron chi connectivity index (χ3n) is 11.0. The fourth-order valence-electron chi connectivity index (χ4n) is 7.52. The van der Waals surface area contributed by atoms with Gasteiger partial charge in [-0.05, 0) is 69.4 Å². The summed E-state index contributed by atoms with van der Waals surface area (Å²) in [6.45, 7) is 7.34. The first-order chi connectivity index (χ1) is 25.5. The minimum absolute atomic E-state index is 0.00927. The molecule has 3 saturated carbocycles. The molecule has 282 valence electrons. The molecule has 0 radical (unpaired) electrons. The van der Waals surface area contributed by atoms with Crippen LogP contribution >= 0.6 is 0 Å². The second-order valence-corrected chi connectivity index (χ2v) is 16.6. The van der Waals surface area contributed by atoms with E-state index in [1.807, 2.05) is 55.5 Å². The molecule has 1 heterocycles. The number of sulfonamides is 1. The highest BCUT2D eigenvalue weighted by atomic mass is 32.2. The van der Waals surface area contributed by atoms with Gasteiger partial charge in [-0.1, -0.05) is 66.7 Å². The largest absolute Gasteiger partial charge is 0.445 e. The van der Waals surface area contributed by atoms with Crippen LogP contribution in [0.1, 0.15) is 82.8 Å². The monoisotopic (exact) mass is 746 g/mol. The van der Waals surface area contributed by atoms with E-state index < -0.39 is 68.9 Å². The molecule has 2 aromatic carbocycles. The van der Waals surface area contributed by atoms with Crippen LogP contribution in [-0.4, -0.2) is 89.6 Å². The van der Waals surface area contributed by atoms with Gasteiger partial charge in [0.05, 0.1) is 17.8 Å². The molecule has 0 bridgehead atoms. The molecular formula is C38H46N6O8S. The molecule has 15 heteroatoms. The standard InChI is InChI=1S/C38H46N6O8S/c1-4-23(3)44(40-36(47)51-25-12-6-7-13-25)37(48)43-22-26(52-41-33-30-16-10-8-14-28(30)29-15-9-11-17-31(29)33)20-32(43)34(45)39-38(21-24(38)5-2)35(46)42-53(49,50)27-18-19-27/h5,8-11,14-17,23-27,32H,2,4,6-7,12-13,18-22H2,1,3H3,(H,39,45)(H,40,47)(H,42,46)/t23?,24-,26?,32+,38?/m1/s1. The Bertz CT molecular complexity index is 1900. The number of hydrazine groups is 1. The van der Waals surface area contributed by atoms with E-state index in [4.69, 9.17) is 9.57 Å². The second kappa shape index (κ2) is 14.5. The Morgan fingerprint density at radius 2 is 1.62 bits per heavy atom. The molecule has 5 atom stereocenters. The van der Waals surface area contributed by atoms with Crippen molar-refractivity contribution >= 4 is 39.7 Å². The van der Waals surface area contributed by atoms with Crippen molar-refractivity contribution in [1.82, 2.24) is 25.4 Å². The fraction of sp³-hybridized carbons (Fsp3) is 0.500. The van der Waals surface area contributed by atoms with Gasteiger partial charge in [-0.15, -0.1) is 6.58 Å². The number of hydrogen-bond acceptors (Lipinski definition) is 9. The Kier molecular flexibility index (Phi) is 9.96. The fourth-order valence-corrected chi connectivity index (χ4v) is 8.89. The Hall–Kier alpha value is -4.92. The molecular weight excluding hydrogens is 701 g/mol. The molecule has 3 N–H and O–H groups in total. The van der Waals surface area contributed by atoms with E-state index in [0.717, 1.165) is 47.9 Å².